The molecule has 0 bridgehead atoms. The lowest BCUT2D eigenvalue weighted by molar-refractivity contribution is -0.0665. The summed E-state index contributed by atoms with van der Waals surface area (Å²) >= 11 is 0. The summed E-state index contributed by atoms with van der Waals surface area (Å²) in [5.74, 6) is 1.02. The van der Waals surface area contributed by atoms with E-state index in [4.69, 9.17) is 4.74 Å². The zero-order valence-electron chi connectivity index (χ0n) is 12.1. The molecular formula is C17H26O2. The molecule has 1 aromatic carbocycles. The van der Waals surface area contributed by atoms with Crippen molar-refractivity contribution in [2.75, 3.05) is 7.11 Å². The van der Waals surface area contributed by atoms with Crippen molar-refractivity contribution in [3.05, 3.63) is 35.9 Å². The van der Waals surface area contributed by atoms with Crippen LogP contribution >= 0.6 is 0 Å². The summed E-state index contributed by atoms with van der Waals surface area (Å²) in [4.78, 5) is 0. The van der Waals surface area contributed by atoms with E-state index in [-0.39, 0.29) is 6.10 Å². The maximum atomic E-state index is 10.8. The fraction of sp³-hybridized carbons (Fsp3) is 0.647. The summed E-state index contributed by atoms with van der Waals surface area (Å²) in [5, 5.41) is 10.8. The molecule has 1 fully saturated rings. The van der Waals surface area contributed by atoms with E-state index < -0.39 is 6.10 Å². The Hall–Kier alpha value is -0.860. The van der Waals surface area contributed by atoms with Gasteiger partial charge in [0.15, 0.2) is 0 Å². The summed E-state index contributed by atoms with van der Waals surface area (Å²) in [6, 6.07) is 10.1. The Morgan fingerprint density at radius 1 is 1.21 bits per heavy atom. The Morgan fingerprint density at radius 2 is 1.89 bits per heavy atom. The summed E-state index contributed by atoms with van der Waals surface area (Å²) < 4.78 is 5.59. The Kier molecular flexibility index (Phi) is 5.41. The molecule has 19 heavy (non-hydrogen) atoms. The van der Waals surface area contributed by atoms with Gasteiger partial charge in [0, 0.05) is 7.11 Å². The summed E-state index contributed by atoms with van der Waals surface area (Å²) in [7, 11) is 1.70. The fourth-order valence-corrected chi connectivity index (χ4v) is 3.53. The lowest BCUT2D eigenvalue weighted by Crippen LogP contribution is -2.35. The number of rotatable bonds is 5. The zero-order valence-corrected chi connectivity index (χ0v) is 12.1. The van der Waals surface area contributed by atoms with Gasteiger partial charge in [-0.3, -0.25) is 0 Å². The molecule has 1 aromatic rings. The fourth-order valence-electron chi connectivity index (χ4n) is 3.53. The molecule has 4 unspecified atom stereocenters. The van der Waals surface area contributed by atoms with Crippen LogP contribution in [-0.2, 0) is 4.74 Å². The van der Waals surface area contributed by atoms with E-state index in [1.807, 2.05) is 30.3 Å². The van der Waals surface area contributed by atoms with Gasteiger partial charge in [-0.15, -0.1) is 0 Å². The second-order valence-corrected chi connectivity index (χ2v) is 5.67. The van der Waals surface area contributed by atoms with E-state index in [0.717, 1.165) is 18.4 Å². The molecule has 1 saturated carbocycles. The van der Waals surface area contributed by atoms with E-state index in [1.165, 1.54) is 19.3 Å². The molecule has 0 aliphatic heterocycles. The van der Waals surface area contributed by atoms with E-state index in [9.17, 15) is 5.11 Å². The first-order valence-electron chi connectivity index (χ1n) is 7.53. The van der Waals surface area contributed by atoms with Crippen molar-refractivity contribution < 1.29 is 9.84 Å². The Morgan fingerprint density at radius 3 is 2.53 bits per heavy atom. The third-order valence-electron chi connectivity index (χ3n) is 4.62. The molecular weight excluding hydrogens is 236 g/mol. The standard InChI is InChI=1S/C17H26O2/c1-3-13-9-7-8-12-15(13)16(18)17(19-2)14-10-5-4-6-11-14/h4-6,10-11,13,15-18H,3,7-9,12H2,1-2H3. The first-order chi connectivity index (χ1) is 9.27. The number of benzene rings is 1. The monoisotopic (exact) mass is 262 g/mol. The molecule has 0 heterocycles. The van der Waals surface area contributed by atoms with Crippen molar-refractivity contribution in [2.24, 2.45) is 11.8 Å². The molecule has 0 aromatic heterocycles. The number of aliphatic hydroxyl groups is 1. The zero-order chi connectivity index (χ0) is 13.7. The lowest BCUT2D eigenvalue weighted by atomic mass is 9.73. The number of ether oxygens (including phenoxy) is 1. The van der Waals surface area contributed by atoms with Crippen LogP contribution < -0.4 is 0 Å². The van der Waals surface area contributed by atoms with Crippen LogP contribution in [0.25, 0.3) is 0 Å². The van der Waals surface area contributed by atoms with Gasteiger partial charge < -0.3 is 9.84 Å². The highest BCUT2D eigenvalue weighted by Crippen LogP contribution is 2.39. The number of hydrogen-bond acceptors (Lipinski definition) is 2. The average molecular weight is 262 g/mol. The van der Waals surface area contributed by atoms with Crippen molar-refractivity contribution in [1.82, 2.24) is 0 Å². The smallest absolute Gasteiger partial charge is 0.108 e. The summed E-state index contributed by atoms with van der Waals surface area (Å²) in [5.41, 5.74) is 1.08. The maximum absolute atomic E-state index is 10.8. The maximum Gasteiger partial charge on any atom is 0.108 e. The number of methoxy groups -OCH3 is 1. The molecule has 2 rings (SSSR count). The molecule has 0 radical (unpaired) electrons. The van der Waals surface area contributed by atoms with E-state index >= 15 is 0 Å². The topological polar surface area (TPSA) is 29.5 Å². The van der Waals surface area contributed by atoms with E-state index in [2.05, 4.69) is 6.92 Å². The van der Waals surface area contributed by atoms with Crippen LogP contribution in [0, 0.1) is 11.8 Å². The van der Waals surface area contributed by atoms with E-state index in [0.29, 0.717) is 11.8 Å². The first-order valence-corrected chi connectivity index (χ1v) is 7.53. The normalized spacial score (nSPS) is 26.9. The minimum atomic E-state index is -0.391. The van der Waals surface area contributed by atoms with Crippen molar-refractivity contribution >= 4 is 0 Å². The van der Waals surface area contributed by atoms with Crippen LogP contribution in [0.2, 0.25) is 0 Å². The van der Waals surface area contributed by atoms with Gasteiger partial charge in [-0.2, -0.15) is 0 Å². The minimum absolute atomic E-state index is 0.196. The second-order valence-electron chi connectivity index (χ2n) is 5.67. The Balaban J connectivity index is 2.13. The Bertz CT molecular complexity index is 363. The van der Waals surface area contributed by atoms with Crippen LogP contribution in [0.3, 0.4) is 0 Å². The quantitative estimate of drug-likeness (QED) is 0.870. The third-order valence-corrected chi connectivity index (χ3v) is 4.62. The van der Waals surface area contributed by atoms with Gasteiger partial charge in [0.1, 0.15) is 6.10 Å². The molecule has 0 spiro atoms. The molecule has 0 amide bonds. The highest BCUT2D eigenvalue weighted by molar-refractivity contribution is 5.19. The minimum Gasteiger partial charge on any atom is -0.390 e. The van der Waals surface area contributed by atoms with Crippen LogP contribution in [0.4, 0.5) is 0 Å². The summed E-state index contributed by atoms with van der Waals surface area (Å²) in [6.07, 6.45) is 5.51. The van der Waals surface area contributed by atoms with Crippen molar-refractivity contribution in [3.8, 4) is 0 Å². The predicted octanol–water partition coefficient (Wildman–Crippen LogP) is 3.95. The lowest BCUT2D eigenvalue weighted by Gasteiger charge is -2.37. The Labute approximate surface area is 116 Å². The molecule has 1 aliphatic rings. The summed E-state index contributed by atoms with van der Waals surface area (Å²) in [6.45, 7) is 2.24. The molecule has 2 nitrogen and oxygen atoms in total. The van der Waals surface area contributed by atoms with Crippen molar-refractivity contribution in [2.45, 2.75) is 51.2 Å². The van der Waals surface area contributed by atoms with Crippen molar-refractivity contribution in [1.29, 1.82) is 0 Å². The highest BCUT2D eigenvalue weighted by Gasteiger charge is 2.35. The third kappa shape index (κ3) is 3.37. The van der Waals surface area contributed by atoms with Gasteiger partial charge in [0.25, 0.3) is 0 Å². The largest absolute Gasteiger partial charge is 0.390 e. The number of aliphatic hydroxyl groups excluding tert-OH is 1. The van der Waals surface area contributed by atoms with Crippen LogP contribution in [-0.4, -0.2) is 18.3 Å². The molecule has 2 heteroatoms. The average Bonchev–Trinajstić information content (AvgIpc) is 2.49. The van der Waals surface area contributed by atoms with Crippen LogP contribution in [0.1, 0.15) is 50.7 Å². The van der Waals surface area contributed by atoms with Gasteiger partial charge in [0.05, 0.1) is 6.10 Å². The highest BCUT2D eigenvalue weighted by atomic mass is 16.5. The number of hydrogen-bond donors (Lipinski definition) is 1. The van der Waals surface area contributed by atoms with Gasteiger partial charge >= 0.3 is 0 Å². The molecule has 0 saturated heterocycles. The molecule has 4 atom stereocenters. The van der Waals surface area contributed by atoms with E-state index in [1.54, 1.807) is 7.11 Å². The van der Waals surface area contributed by atoms with Gasteiger partial charge in [-0.1, -0.05) is 62.9 Å². The molecule has 1 aliphatic carbocycles. The van der Waals surface area contributed by atoms with Crippen LogP contribution in [0.15, 0.2) is 30.3 Å². The first kappa shape index (κ1) is 14.5. The van der Waals surface area contributed by atoms with Gasteiger partial charge in [0.2, 0.25) is 0 Å². The van der Waals surface area contributed by atoms with Gasteiger partial charge in [-0.05, 0) is 23.8 Å². The SMILES string of the molecule is CCC1CCCCC1C(O)C(OC)c1ccccc1. The van der Waals surface area contributed by atoms with Crippen molar-refractivity contribution in [3.63, 3.8) is 0 Å². The van der Waals surface area contributed by atoms with Crippen LogP contribution in [0.5, 0.6) is 0 Å². The predicted molar refractivity (Wildman–Crippen MR) is 77.9 cm³/mol. The molecule has 1 N–H and O–H groups in total. The van der Waals surface area contributed by atoms with Gasteiger partial charge in [-0.25, -0.2) is 0 Å². The molecule has 106 valence electrons. The second kappa shape index (κ2) is 7.06.